The van der Waals surface area contributed by atoms with Gasteiger partial charge >= 0.3 is 0 Å². The SMILES string of the molecule is Cn1cnc(S(=O)(=O)N(Cc2cccs2)c2ccc3c(c2)OCCO3)c1Cl. The van der Waals surface area contributed by atoms with Gasteiger partial charge in [0.05, 0.1) is 18.6 Å². The number of fused-ring (bicyclic) bond motifs is 1. The highest BCUT2D eigenvalue weighted by atomic mass is 35.5. The van der Waals surface area contributed by atoms with E-state index in [-0.39, 0.29) is 16.7 Å². The van der Waals surface area contributed by atoms with E-state index in [9.17, 15) is 8.42 Å². The Morgan fingerprint density at radius 2 is 2.04 bits per heavy atom. The molecule has 3 heterocycles. The molecule has 7 nitrogen and oxygen atoms in total. The summed E-state index contributed by atoms with van der Waals surface area (Å²) in [5, 5.41) is 1.78. The summed E-state index contributed by atoms with van der Waals surface area (Å²) < 4.78 is 40.6. The fourth-order valence-electron chi connectivity index (χ4n) is 2.72. The van der Waals surface area contributed by atoms with Crippen molar-refractivity contribution in [2.24, 2.45) is 7.05 Å². The highest BCUT2D eigenvalue weighted by molar-refractivity contribution is 7.92. The summed E-state index contributed by atoms with van der Waals surface area (Å²) >= 11 is 7.65. The Bertz CT molecular complexity index is 1060. The molecular weight excluding hydrogens is 410 g/mol. The van der Waals surface area contributed by atoms with E-state index in [1.54, 1.807) is 25.2 Å². The lowest BCUT2D eigenvalue weighted by atomic mass is 10.2. The number of anilines is 1. The molecular formula is C17H16ClN3O4S2. The zero-order chi connectivity index (χ0) is 19.0. The second-order valence-corrected chi connectivity index (χ2v) is 9.04. The average Bonchev–Trinajstić information content (AvgIpc) is 3.30. The predicted octanol–water partition coefficient (Wildman–Crippen LogP) is 3.30. The predicted molar refractivity (Wildman–Crippen MR) is 103 cm³/mol. The van der Waals surface area contributed by atoms with Crippen LogP contribution in [0, 0.1) is 0 Å². The van der Waals surface area contributed by atoms with E-state index in [1.165, 1.54) is 26.5 Å². The number of halogens is 1. The van der Waals surface area contributed by atoms with Gasteiger partial charge in [0, 0.05) is 18.0 Å². The van der Waals surface area contributed by atoms with Crippen LogP contribution in [0.3, 0.4) is 0 Å². The maximum Gasteiger partial charge on any atom is 0.285 e. The molecule has 0 atom stereocenters. The molecule has 0 saturated heterocycles. The molecule has 0 saturated carbocycles. The van der Waals surface area contributed by atoms with Crippen LogP contribution < -0.4 is 13.8 Å². The third-order valence-corrected chi connectivity index (χ3v) is 7.19. The summed E-state index contributed by atoms with van der Waals surface area (Å²) in [6.07, 6.45) is 1.38. The fourth-order valence-corrected chi connectivity index (χ4v) is 5.32. The molecule has 142 valence electrons. The fraction of sp³-hybridized carbons (Fsp3) is 0.235. The van der Waals surface area contributed by atoms with E-state index in [1.807, 2.05) is 17.5 Å². The Morgan fingerprint density at radius 3 is 2.70 bits per heavy atom. The minimum absolute atomic E-state index is 0.0590. The summed E-state index contributed by atoms with van der Waals surface area (Å²) in [5.41, 5.74) is 0.453. The lowest BCUT2D eigenvalue weighted by Gasteiger charge is -2.25. The molecule has 0 bridgehead atoms. The van der Waals surface area contributed by atoms with Crippen molar-refractivity contribution in [3.05, 3.63) is 52.1 Å². The first-order chi connectivity index (χ1) is 13.0. The van der Waals surface area contributed by atoms with Gasteiger partial charge in [-0.15, -0.1) is 11.3 Å². The van der Waals surface area contributed by atoms with Crippen LogP contribution in [0.15, 0.2) is 47.1 Å². The number of hydrogen-bond donors (Lipinski definition) is 0. The first kappa shape index (κ1) is 18.1. The number of benzene rings is 1. The van der Waals surface area contributed by atoms with Crippen molar-refractivity contribution < 1.29 is 17.9 Å². The second-order valence-electron chi connectivity index (χ2n) is 5.87. The van der Waals surface area contributed by atoms with Crippen molar-refractivity contribution >= 4 is 38.6 Å². The molecule has 0 radical (unpaired) electrons. The Morgan fingerprint density at radius 1 is 1.26 bits per heavy atom. The highest BCUT2D eigenvalue weighted by Gasteiger charge is 2.31. The minimum Gasteiger partial charge on any atom is -0.486 e. The van der Waals surface area contributed by atoms with Crippen LogP contribution in [0.25, 0.3) is 0 Å². The quantitative estimate of drug-likeness (QED) is 0.627. The number of sulfonamides is 1. The molecule has 27 heavy (non-hydrogen) atoms. The molecule has 1 aliphatic rings. The molecule has 1 aliphatic heterocycles. The van der Waals surface area contributed by atoms with E-state index in [4.69, 9.17) is 21.1 Å². The first-order valence-electron chi connectivity index (χ1n) is 8.08. The van der Waals surface area contributed by atoms with Crippen molar-refractivity contribution in [2.75, 3.05) is 17.5 Å². The van der Waals surface area contributed by atoms with Crippen LogP contribution in [-0.4, -0.2) is 31.2 Å². The van der Waals surface area contributed by atoms with Gasteiger partial charge in [0.1, 0.15) is 18.4 Å². The molecule has 3 aromatic rings. The number of nitrogens with zero attached hydrogens (tertiary/aromatic N) is 3. The van der Waals surface area contributed by atoms with Crippen molar-refractivity contribution in [1.29, 1.82) is 0 Å². The Labute approximate surface area is 165 Å². The molecule has 0 unspecified atom stereocenters. The number of hydrogen-bond acceptors (Lipinski definition) is 6. The maximum absolute atomic E-state index is 13.4. The van der Waals surface area contributed by atoms with Crippen LogP contribution in [0.1, 0.15) is 4.88 Å². The number of rotatable bonds is 5. The van der Waals surface area contributed by atoms with E-state index in [0.29, 0.717) is 30.4 Å². The van der Waals surface area contributed by atoms with Gasteiger partial charge in [-0.1, -0.05) is 17.7 Å². The Hall–Kier alpha value is -2.23. The summed E-state index contributed by atoms with van der Waals surface area (Å²) in [5.74, 6) is 1.10. The van der Waals surface area contributed by atoms with E-state index >= 15 is 0 Å². The third-order valence-electron chi connectivity index (χ3n) is 4.06. The lowest BCUT2D eigenvalue weighted by molar-refractivity contribution is 0.171. The van der Waals surface area contributed by atoms with Crippen LogP contribution in [-0.2, 0) is 23.6 Å². The first-order valence-corrected chi connectivity index (χ1v) is 10.8. The zero-order valence-corrected chi connectivity index (χ0v) is 16.7. The largest absolute Gasteiger partial charge is 0.486 e. The normalized spacial score (nSPS) is 13.6. The van der Waals surface area contributed by atoms with Crippen LogP contribution in [0.4, 0.5) is 5.69 Å². The van der Waals surface area contributed by atoms with Gasteiger partial charge in [-0.25, -0.2) is 4.98 Å². The number of aryl methyl sites for hydroxylation is 1. The topological polar surface area (TPSA) is 73.7 Å². The van der Waals surface area contributed by atoms with E-state index < -0.39 is 10.0 Å². The number of aromatic nitrogens is 2. The molecule has 0 spiro atoms. The molecule has 0 amide bonds. The van der Waals surface area contributed by atoms with E-state index in [2.05, 4.69) is 4.98 Å². The van der Waals surface area contributed by atoms with Gasteiger partial charge in [0.15, 0.2) is 11.5 Å². The van der Waals surface area contributed by atoms with Crippen molar-refractivity contribution in [2.45, 2.75) is 11.6 Å². The summed E-state index contributed by atoms with van der Waals surface area (Å²) in [7, 11) is -2.35. The van der Waals surface area contributed by atoms with Gasteiger partial charge in [-0.3, -0.25) is 4.31 Å². The maximum atomic E-state index is 13.4. The number of imidazole rings is 1. The number of thiophene rings is 1. The zero-order valence-electron chi connectivity index (χ0n) is 14.3. The monoisotopic (exact) mass is 425 g/mol. The average molecular weight is 426 g/mol. The molecule has 2 aromatic heterocycles. The lowest BCUT2D eigenvalue weighted by Crippen LogP contribution is -2.31. The summed E-state index contributed by atoms with van der Waals surface area (Å²) in [6, 6.07) is 8.82. The number of ether oxygens (including phenoxy) is 2. The van der Waals surface area contributed by atoms with E-state index in [0.717, 1.165) is 4.88 Å². The van der Waals surface area contributed by atoms with Gasteiger partial charge in [-0.2, -0.15) is 8.42 Å². The highest BCUT2D eigenvalue weighted by Crippen LogP contribution is 2.37. The van der Waals surface area contributed by atoms with Gasteiger partial charge in [0.25, 0.3) is 10.0 Å². The molecule has 4 rings (SSSR count). The summed E-state index contributed by atoms with van der Waals surface area (Å²) in [4.78, 5) is 4.89. The molecule has 0 N–H and O–H groups in total. The summed E-state index contributed by atoms with van der Waals surface area (Å²) in [6.45, 7) is 1.04. The van der Waals surface area contributed by atoms with Crippen LogP contribution >= 0.6 is 22.9 Å². The van der Waals surface area contributed by atoms with Crippen molar-refractivity contribution in [3.63, 3.8) is 0 Å². The van der Waals surface area contributed by atoms with Gasteiger partial charge in [0.2, 0.25) is 5.03 Å². The third kappa shape index (κ3) is 3.38. The molecule has 10 heteroatoms. The minimum atomic E-state index is -3.99. The molecule has 0 fully saturated rings. The van der Waals surface area contributed by atoms with Crippen LogP contribution in [0.2, 0.25) is 5.15 Å². The Balaban J connectivity index is 1.81. The Kier molecular flexibility index (Phi) is 4.75. The smallest absolute Gasteiger partial charge is 0.285 e. The molecule has 0 aliphatic carbocycles. The van der Waals surface area contributed by atoms with Crippen molar-refractivity contribution in [1.82, 2.24) is 9.55 Å². The van der Waals surface area contributed by atoms with Crippen molar-refractivity contribution in [3.8, 4) is 11.5 Å². The van der Waals surface area contributed by atoms with Crippen LogP contribution in [0.5, 0.6) is 11.5 Å². The standard InChI is InChI=1S/C17H16ClN3O4S2/c1-20-11-19-17(16(20)18)27(22,23)21(10-13-3-2-8-26-13)12-4-5-14-15(9-12)25-7-6-24-14/h2-5,8-9,11H,6-7,10H2,1H3. The second kappa shape index (κ2) is 7.06. The molecule has 1 aromatic carbocycles. The van der Waals surface area contributed by atoms with Gasteiger partial charge in [-0.05, 0) is 23.6 Å². The van der Waals surface area contributed by atoms with Gasteiger partial charge < -0.3 is 14.0 Å².